The molecule has 0 amide bonds. The maximum absolute atomic E-state index is 11.3. The van der Waals surface area contributed by atoms with Crippen LogP contribution in [-0.2, 0) is 0 Å². The summed E-state index contributed by atoms with van der Waals surface area (Å²) in [4.78, 5) is 21.1. The largest absolute Gasteiger partial charge is 0.506 e. The third-order valence-corrected chi connectivity index (χ3v) is 3.88. The molecule has 0 spiro atoms. The third-order valence-electron chi connectivity index (χ3n) is 3.88. The molecule has 0 aliphatic heterocycles. The first-order chi connectivity index (χ1) is 11.3. The van der Waals surface area contributed by atoms with E-state index in [1.165, 1.54) is 12.1 Å². The van der Waals surface area contributed by atoms with E-state index in [-0.39, 0.29) is 32.0 Å². The monoisotopic (exact) mass is 326 g/mol. The molecule has 0 aromatic heterocycles. The number of nitro benzene ring substituents is 2. The summed E-state index contributed by atoms with van der Waals surface area (Å²) in [5.41, 5.74) is -0.893. The van der Waals surface area contributed by atoms with Crippen LogP contribution in [0.5, 0.6) is 11.5 Å². The Balaban J connectivity index is 2.81. The first kappa shape index (κ1) is 15.2. The van der Waals surface area contributed by atoms with Gasteiger partial charge in [0.25, 0.3) is 11.4 Å². The first-order valence-electron chi connectivity index (χ1n) is 6.65. The van der Waals surface area contributed by atoms with Crippen LogP contribution in [0.4, 0.5) is 11.4 Å². The molecule has 0 unspecified atom stereocenters. The lowest BCUT2D eigenvalue weighted by Crippen LogP contribution is -2.07. The number of fused-ring (bicyclic) bond motifs is 2. The van der Waals surface area contributed by atoms with Crippen molar-refractivity contribution in [2.75, 3.05) is 0 Å². The number of non-ortho nitro benzene ring substituents is 2. The van der Waals surface area contributed by atoms with Gasteiger partial charge in [0.2, 0.25) is 0 Å². The van der Waals surface area contributed by atoms with Crippen molar-refractivity contribution >= 4 is 46.1 Å². The maximum Gasteiger partial charge on any atom is 0.281 e. The number of hydrogen-bond donors (Lipinski definition) is 2. The average Bonchev–Trinajstić information content (AvgIpc) is 2.51. The van der Waals surface area contributed by atoms with Crippen molar-refractivity contribution in [3.8, 4) is 11.5 Å². The Morgan fingerprint density at radius 3 is 1.33 bits per heavy atom. The molecule has 8 heteroatoms. The molecule has 3 aromatic carbocycles. The van der Waals surface area contributed by atoms with Crippen LogP contribution < -0.4 is 10.4 Å². The van der Waals surface area contributed by atoms with Crippen LogP contribution in [0, 0.1) is 20.2 Å². The number of nitro groups is 2. The van der Waals surface area contributed by atoms with Crippen molar-refractivity contribution in [1.82, 2.24) is 0 Å². The molecule has 2 N–H and O–H groups in total. The molecule has 0 aliphatic rings. The summed E-state index contributed by atoms with van der Waals surface area (Å²) in [5, 5.41) is 43.3. The number of hydrogen-bond acceptors (Lipinski definition) is 6. The number of rotatable bonds is 2. The molecule has 0 bridgehead atoms. The predicted molar refractivity (Wildman–Crippen MR) is 88.4 cm³/mol. The Morgan fingerprint density at radius 1 is 0.708 bits per heavy atom. The zero-order valence-corrected chi connectivity index (χ0v) is 12.1. The van der Waals surface area contributed by atoms with Gasteiger partial charge in [-0.05, 0) is 22.6 Å². The Morgan fingerprint density at radius 2 is 1.04 bits per heavy atom. The van der Waals surface area contributed by atoms with Gasteiger partial charge >= 0.3 is 0 Å². The van der Waals surface area contributed by atoms with Crippen LogP contribution in [0.2, 0.25) is 0 Å². The van der Waals surface area contributed by atoms with Gasteiger partial charge in [-0.1, -0.05) is 13.2 Å². The molecule has 3 rings (SSSR count). The van der Waals surface area contributed by atoms with E-state index < -0.39 is 32.7 Å². The van der Waals surface area contributed by atoms with Crippen LogP contribution in [0.1, 0.15) is 0 Å². The third kappa shape index (κ3) is 1.86. The van der Waals surface area contributed by atoms with Crippen LogP contribution in [0.25, 0.3) is 34.7 Å². The normalized spacial score (nSPS) is 11.0. The SMILES string of the molecule is C=c1ccc([N+](=O)[O-])c2c(O)c3c(=C)ccc([N+](=O)[O-])c3c(O)c12. The van der Waals surface area contributed by atoms with E-state index in [1.807, 2.05) is 0 Å². The minimum absolute atomic E-state index is 0.108. The predicted octanol–water partition coefficient (Wildman–Crippen LogP) is 2.04. The van der Waals surface area contributed by atoms with Gasteiger partial charge in [0, 0.05) is 22.9 Å². The number of aromatic hydroxyl groups is 2. The zero-order chi connectivity index (χ0) is 17.8. The van der Waals surface area contributed by atoms with Crippen molar-refractivity contribution in [3.05, 3.63) is 54.9 Å². The molecule has 0 saturated carbocycles. The van der Waals surface area contributed by atoms with E-state index in [1.54, 1.807) is 0 Å². The standard InChI is InChI=1S/C16H10N2O6/c1-7-3-5-9(17(21)22)13-11(7)15(19)14-10(18(23)24)6-4-8(2)12(14)16(13)20/h3-6,19-20H,1-2H2. The quantitative estimate of drug-likeness (QED) is 0.321. The van der Waals surface area contributed by atoms with E-state index in [9.17, 15) is 30.4 Å². The maximum atomic E-state index is 11.3. The highest BCUT2D eigenvalue weighted by Gasteiger charge is 2.26. The van der Waals surface area contributed by atoms with Gasteiger partial charge in [-0.25, -0.2) is 0 Å². The highest BCUT2D eigenvalue weighted by atomic mass is 16.6. The highest BCUT2D eigenvalue weighted by molar-refractivity contribution is 6.16. The molecule has 0 atom stereocenters. The van der Waals surface area contributed by atoms with Crippen molar-refractivity contribution in [2.45, 2.75) is 0 Å². The fourth-order valence-electron chi connectivity index (χ4n) is 2.84. The van der Waals surface area contributed by atoms with E-state index in [2.05, 4.69) is 13.2 Å². The van der Waals surface area contributed by atoms with Crippen LogP contribution in [0.3, 0.4) is 0 Å². The number of phenolic OH excluding ortho intramolecular Hbond substituents is 2. The lowest BCUT2D eigenvalue weighted by molar-refractivity contribution is -0.383. The second-order valence-corrected chi connectivity index (χ2v) is 5.20. The van der Waals surface area contributed by atoms with Crippen LogP contribution in [-0.4, -0.2) is 20.1 Å². The fraction of sp³-hybridized carbons (Fsp3) is 0. The Hall–Kier alpha value is -3.68. The molecule has 8 nitrogen and oxygen atoms in total. The average molecular weight is 326 g/mol. The molecule has 0 saturated heterocycles. The zero-order valence-electron chi connectivity index (χ0n) is 12.1. The summed E-state index contributed by atoms with van der Waals surface area (Å²) in [6.45, 7) is 7.35. The Kier molecular flexibility index (Phi) is 3.12. The summed E-state index contributed by atoms with van der Waals surface area (Å²) in [5.74, 6) is -1.10. The van der Waals surface area contributed by atoms with E-state index in [0.29, 0.717) is 0 Å². The molecule has 0 heterocycles. The van der Waals surface area contributed by atoms with Crippen molar-refractivity contribution in [1.29, 1.82) is 0 Å². The smallest absolute Gasteiger partial charge is 0.281 e. The number of nitrogens with zero attached hydrogens (tertiary/aromatic N) is 2. The summed E-state index contributed by atoms with van der Waals surface area (Å²) < 4.78 is 0. The summed E-state index contributed by atoms with van der Waals surface area (Å²) in [7, 11) is 0. The van der Waals surface area contributed by atoms with Gasteiger partial charge in [0.15, 0.2) is 0 Å². The molecule has 3 aromatic rings. The lowest BCUT2D eigenvalue weighted by Gasteiger charge is -2.11. The molecular formula is C16H10N2O6. The molecule has 120 valence electrons. The van der Waals surface area contributed by atoms with Gasteiger partial charge in [-0.15, -0.1) is 0 Å². The van der Waals surface area contributed by atoms with Gasteiger partial charge in [0.1, 0.15) is 22.3 Å². The number of phenols is 2. The second-order valence-electron chi connectivity index (χ2n) is 5.20. The Labute approximate surface area is 133 Å². The van der Waals surface area contributed by atoms with Crippen LogP contribution in [0.15, 0.2) is 24.3 Å². The highest BCUT2D eigenvalue weighted by Crippen LogP contribution is 2.45. The second kappa shape index (κ2) is 4.92. The van der Waals surface area contributed by atoms with E-state index >= 15 is 0 Å². The summed E-state index contributed by atoms with van der Waals surface area (Å²) in [6, 6.07) is 4.89. The number of benzene rings is 3. The molecule has 0 fully saturated rings. The van der Waals surface area contributed by atoms with Crippen molar-refractivity contribution in [3.63, 3.8) is 0 Å². The van der Waals surface area contributed by atoms with Gasteiger partial charge in [-0.3, -0.25) is 20.2 Å². The Bertz CT molecular complexity index is 1080. The van der Waals surface area contributed by atoms with Gasteiger partial charge in [0.05, 0.1) is 9.85 Å². The summed E-state index contributed by atoms with van der Waals surface area (Å²) >= 11 is 0. The van der Waals surface area contributed by atoms with Crippen molar-refractivity contribution in [2.24, 2.45) is 0 Å². The molecular weight excluding hydrogens is 316 g/mol. The van der Waals surface area contributed by atoms with Crippen molar-refractivity contribution < 1.29 is 20.1 Å². The lowest BCUT2D eigenvalue weighted by atomic mass is 9.96. The minimum Gasteiger partial charge on any atom is -0.506 e. The fourth-order valence-corrected chi connectivity index (χ4v) is 2.84. The van der Waals surface area contributed by atoms with Gasteiger partial charge < -0.3 is 10.2 Å². The van der Waals surface area contributed by atoms with Gasteiger partial charge in [-0.2, -0.15) is 0 Å². The molecule has 24 heavy (non-hydrogen) atoms. The van der Waals surface area contributed by atoms with Crippen LogP contribution >= 0.6 is 0 Å². The molecule has 0 aliphatic carbocycles. The topological polar surface area (TPSA) is 127 Å². The molecule has 0 radical (unpaired) electrons. The first-order valence-corrected chi connectivity index (χ1v) is 6.65. The minimum atomic E-state index is -0.715. The van der Waals surface area contributed by atoms with E-state index in [4.69, 9.17) is 0 Å². The van der Waals surface area contributed by atoms with E-state index in [0.717, 1.165) is 12.1 Å². The summed E-state index contributed by atoms with van der Waals surface area (Å²) in [6.07, 6.45) is 0.